The maximum absolute atomic E-state index is 13.2. The molecular weight excluding hydrogens is 328 g/mol. The monoisotopic (exact) mass is 346 g/mol. The number of aromatic nitrogens is 2. The van der Waals surface area contributed by atoms with E-state index in [2.05, 4.69) is 4.98 Å². The van der Waals surface area contributed by atoms with E-state index in [1.54, 1.807) is 12.1 Å². The lowest BCUT2D eigenvalue weighted by Crippen LogP contribution is -2.45. The Labute approximate surface area is 142 Å². The molecular formula is C17H18N2O4S. The van der Waals surface area contributed by atoms with Gasteiger partial charge in [0.05, 0.1) is 11.6 Å². The van der Waals surface area contributed by atoms with Crippen LogP contribution in [0.25, 0.3) is 21.5 Å². The van der Waals surface area contributed by atoms with Crippen LogP contribution < -0.4 is 5.56 Å². The summed E-state index contributed by atoms with van der Waals surface area (Å²) in [4.78, 5) is 30.1. The van der Waals surface area contributed by atoms with Crippen molar-refractivity contribution in [2.45, 2.75) is 39.2 Å². The van der Waals surface area contributed by atoms with Gasteiger partial charge in [-0.05, 0) is 26.0 Å². The smallest absolute Gasteiger partial charge is 0.329 e. The Morgan fingerprint density at radius 2 is 2.12 bits per heavy atom. The van der Waals surface area contributed by atoms with E-state index >= 15 is 0 Å². The fraction of sp³-hybridized carbons (Fsp3) is 0.353. The van der Waals surface area contributed by atoms with Crippen LogP contribution in [0.15, 0.2) is 33.0 Å². The molecule has 7 heteroatoms. The van der Waals surface area contributed by atoms with Gasteiger partial charge in [-0.25, -0.2) is 9.78 Å². The van der Waals surface area contributed by atoms with E-state index in [0.717, 1.165) is 0 Å². The number of carboxylic acid groups (broad SMARTS) is 1. The van der Waals surface area contributed by atoms with Gasteiger partial charge in [0.2, 0.25) is 0 Å². The summed E-state index contributed by atoms with van der Waals surface area (Å²) >= 11 is 1.35. The molecule has 0 aromatic carbocycles. The molecule has 0 radical (unpaired) electrons. The second kappa shape index (κ2) is 5.59. The summed E-state index contributed by atoms with van der Waals surface area (Å²) in [5.74, 6) is -0.137. The zero-order valence-electron chi connectivity index (χ0n) is 13.9. The first-order valence-electron chi connectivity index (χ1n) is 7.57. The largest absolute Gasteiger partial charge is 0.480 e. The molecule has 0 fully saturated rings. The highest BCUT2D eigenvalue weighted by Crippen LogP contribution is 2.33. The number of aliphatic carboxylic acids is 1. The Balaban J connectivity index is 2.43. The Hall–Kier alpha value is -2.41. The van der Waals surface area contributed by atoms with Crippen LogP contribution in [0.3, 0.4) is 0 Å². The van der Waals surface area contributed by atoms with Crippen molar-refractivity contribution in [3.05, 3.63) is 40.0 Å². The highest BCUT2D eigenvalue weighted by Gasteiger charge is 2.35. The van der Waals surface area contributed by atoms with Crippen LogP contribution in [0.5, 0.6) is 0 Å². The average molecular weight is 346 g/mol. The van der Waals surface area contributed by atoms with E-state index in [1.807, 2.05) is 19.2 Å². The zero-order valence-corrected chi connectivity index (χ0v) is 14.7. The minimum Gasteiger partial charge on any atom is -0.480 e. The number of fused-ring (bicyclic) bond motifs is 1. The maximum atomic E-state index is 13.2. The number of hydrogen-bond acceptors (Lipinski definition) is 5. The average Bonchev–Trinajstić information content (AvgIpc) is 3.14. The molecule has 0 aliphatic carbocycles. The van der Waals surface area contributed by atoms with Gasteiger partial charge in [-0.3, -0.25) is 9.36 Å². The first-order valence-corrected chi connectivity index (χ1v) is 8.45. The highest BCUT2D eigenvalue weighted by molar-refractivity contribution is 7.17. The van der Waals surface area contributed by atoms with Crippen molar-refractivity contribution in [2.75, 3.05) is 0 Å². The van der Waals surface area contributed by atoms with Crippen LogP contribution in [-0.2, 0) is 10.3 Å². The summed E-state index contributed by atoms with van der Waals surface area (Å²) in [5.41, 5.74) is -1.12. The van der Waals surface area contributed by atoms with Gasteiger partial charge in [-0.2, -0.15) is 0 Å². The molecule has 0 unspecified atom stereocenters. The number of thiophene rings is 1. The van der Waals surface area contributed by atoms with E-state index in [1.165, 1.54) is 36.0 Å². The van der Waals surface area contributed by atoms with Gasteiger partial charge >= 0.3 is 5.97 Å². The lowest BCUT2D eigenvalue weighted by Gasteiger charge is -2.26. The minimum atomic E-state index is -1.40. The number of rotatable bonds is 4. The molecule has 0 saturated heterocycles. The molecule has 3 heterocycles. The molecule has 0 amide bonds. The Morgan fingerprint density at radius 1 is 1.42 bits per heavy atom. The van der Waals surface area contributed by atoms with Crippen LogP contribution in [0.1, 0.15) is 39.4 Å². The van der Waals surface area contributed by atoms with Gasteiger partial charge in [0.1, 0.15) is 22.0 Å². The summed E-state index contributed by atoms with van der Waals surface area (Å²) in [5, 5.41) is 11.8. The van der Waals surface area contributed by atoms with E-state index in [4.69, 9.17) is 4.42 Å². The van der Waals surface area contributed by atoms with Crippen molar-refractivity contribution in [2.24, 2.45) is 0 Å². The zero-order chi connectivity index (χ0) is 17.6. The standard InChI is InChI=1S/C17H18N2O4S/c1-9(2)13-18-14-12(10(8-24-14)11-6-5-7-23-11)15(20)19(13)17(3,4)16(21)22/h5-9H,1-4H3,(H,21,22). The lowest BCUT2D eigenvalue weighted by atomic mass is 10.0. The van der Waals surface area contributed by atoms with E-state index in [0.29, 0.717) is 27.4 Å². The fourth-order valence-corrected chi connectivity index (χ4v) is 3.57. The van der Waals surface area contributed by atoms with Crippen LogP contribution in [-0.4, -0.2) is 20.6 Å². The molecule has 0 spiro atoms. The first kappa shape index (κ1) is 16.4. The molecule has 3 rings (SSSR count). The Kier molecular flexibility index (Phi) is 3.83. The molecule has 1 N–H and O–H groups in total. The van der Waals surface area contributed by atoms with Crippen LogP contribution in [0, 0.1) is 0 Å². The molecule has 6 nitrogen and oxygen atoms in total. The van der Waals surface area contributed by atoms with Crippen LogP contribution in [0.2, 0.25) is 0 Å². The number of hydrogen-bond donors (Lipinski definition) is 1. The highest BCUT2D eigenvalue weighted by atomic mass is 32.1. The van der Waals surface area contributed by atoms with Crippen molar-refractivity contribution >= 4 is 27.5 Å². The van der Waals surface area contributed by atoms with E-state index in [9.17, 15) is 14.7 Å². The van der Waals surface area contributed by atoms with Crippen molar-refractivity contribution in [3.8, 4) is 11.3 Å². The van der Waals surface area contributed by atoms with Crippen molar-refractivity contribution in [1.82, 2.24) is 9.55 Å². The summed E-state index contributed by atoms with van der Waals surface area (Å²) in [6.07, 6.45) is 1.54. The topological polar surface area (TPSA) is 85.3 Å². The molecule has 0 aliphatic heterocycles. The lowest BCUT2D eigenvalue weighted by molar-refractivity contribution is -0.146. The molecule has 3 aromatic rings. The predicted octanol–water partition coefficient (Wildman–Crippen LogP) is 3.66. The fourth-order valence-electron chi connectivity index (χ4n) is 2.64. The molecule has 3 aromatic heterocycles. The quantitative estimate of drug-likeness (QED) is 0.779. The van der Waals surface area contributed by atoms with Crippen molar-refractivity contribution < 1.29 is 14.3 Å². The summed E-state index contributed by atoms with van der Waals surface area (Å²) in [6.45, 7) is 6.80. The van der Waals surface area contributed by atoms with Gasteiger partial charge in [-0.15, -0.1) is 11.3 Å². The SMILES string of the molecule is CC(C)c1nc2scc(-c3ccco3)c2c(=O)n1C(C)(C)C(=O)O. The van der Waals surface area contributed by atoms with Gasteiger partial charge in [-0.1, -0.05) is 13.8 Å². The van der Waals surface area contributed by atoms with Gasteiger partial charge in [0, 0.05) is 16.9 Å². The van der Waals surface area contributed by atoms with Gasteiger partial charge < -0.3 is 9.52 Å². The molecule has 0 aliphatic rings. The van der Waals surface area contributed by atoms with E-state index < -0.39 is 11.5 Å². The molecule has 24 heavy (non-hydrogen) atoms. The normalized spacial score (nSPS) is 12.2. The second-order valence-corrected chi connectivity index (χ2v) is 7.29. The first-order chi connectivity index (χ1) is 11.2. The minimum absolute atomic E-state index is 0.0881. The third kappa shape index (κ3) is 2.36. The van der Waals surface area contributed by atoms with Crippen LogP contribution >= 0.6 is 11.3 Å². The summed E-state index contributed by atoms with van der Waals surface area (Å²) in [6, 6.07) is 3.51. The third-order valence-electron chi connectivity index (χ3n) is 4.02. The van der Waals surface area contributed by atoms with Gasteiger partial charge in [0.25, 0.3) is 5.56 Å². The maximum Gasteiger partial charge on any atom is 0.329 e. The van der Waals surface area contributed by atoms with Crippen molar-refractivity contribution in [3.63, 3.8) is 0 Å². The summed E-state index contributed by atoms with van der Waals surface area (Å²) < 4.78 is 6.70. The second-order valence-electron chi connectivity index (χ2n) is 6.44. The number of furan rings is 1. The molecule has 0 saturated carbocycles. The number of nitrogens with zero attached hydrogens (tertiary/aromatic N) is 2. The number of carboxylic acids is 1. The van der Waals surface area contributed by atoms with Crippen molar-refractivity contribution in [1.29, 1.82) is 0 Å². The molecule has 0 atom stereocenters. The van der Waals surface area contributed by atoms with Gasteiger partial charge in [0.15, 0.2) is 0 Å². The number of carbonyl (C=O) groups is 1. The Morgan fingerprint density at radius 3 is 2.67 bits per heavy atom. The predicted molar refractivity (Wildman–Crippen MR) is 92.6 cm³/mol. The summed E-state index contributed by atoms with van der Waals surface area (Å²) in [7, 11) is 0. The Bertz CT molecular complexity index is 965. The molecule has 126 valence electrons. The van der Waals surface area contributed by atoms with E-state index in [-0.39, 0.29) is 11.5 Å². The third-order valence-corrected chi connectivity index (χ3v) is 4.89. The van der Waals surface area contributed by atoms with Crippen LogP contribution in [0.4, 0.5) is 0 Å². The molecule has 0 bridgehead atoms.